The lowest BCUT2D eigenvalue weighted by Crippen LogP contribution is -2.41. The lowest BCUT2D eigenvalue weighted by molar-refractivity contribution is -0.142. The highest BCUT2D eigenvalue weighted by molar-refractivity contribution is 5.84. The van der Waals surface area contributed by atoms with Gasteiger partial charge in [0.1, 0.15) is 6.04 Å². The molecule has 0 saturated carbocycles. The third-order valence-corrected chi connectivity index (χ3v) is 5.84. The van der Waals surface area contributed by atoms with Crippen LogP contribution in [-0.2, 0) is 28.7 Å². The van der Waals surface area contributed by atoms with Gasteiger partial charge in [-0.05, 0) is 19.3 Å². The molecule has 0 fully saturated rings. The van der Waals surface area contributed by atoms with E-state index in [9.17, 15) is 24.3 Å². The van der Waals surface area contributed by atoms with Crippen LogP contribution >= 0.6 is 0 Å². The highest BCUT2D eigenvalue weighted by atomic mass is 16.5. The van der Waals surface area contributed by atoms with E-state index in [1.807, 2.05) is 0 Å². The number of nitrogens with one attached hydrogen (secondary N) is 2. The molecule has 10 heteroatoms. The van der Waals surface area contributed by atoms with E-state index in [-0.39, 0.29) is 37.5 Å². The summed E-state index contributed by atoms with van der Waals surface area (Å²) >= 11 is 0. The molecule has 0 aliphatic heterocycles. The molecule has 0 aromatic heterocycles. The number of unbranched alkanes of at least 4 members (excludes halogenated alkanes) is 11. The highest BCUT2D eigenvalue weighted by Crippen LogP contribution is 2.13. The zero-order valence-corrected chi connectivity index (χ0v) is 22.1. The van der Waals surface area contributed by atoms with Gasteiger partial charge in [-0.25, -0.2) is 4.79 Å². The lowest BCUT2D eigenvalue weighted by Gasteiger charge is -2.14. The average molecular weight is 517 g/mol. The van der Waals surface area contributed by atoms with E-state index in [1.165, 1.54) is 32.1 Å². The van der Waals surface area contributed by atoms with Gasteiger partial charge < -0.3 is 30.3 Å². The molecular weight excluding hydrogens is 468 g/mol. The van der Waals surface area contributed by atoms with Gasteiger partial charge in [0.25, 0.3) is 0 Å². The summed E-state index contributed by atoms with van der Waals surface area (Å²) in [5, 5.41) is 23.1. The summed E-state index contributed by atoms with van der Waals surface area (Å²) in [6, 6.07) is -1.07. The summed E-state index contributed by atoms with van der Waals surface area (Å²) in [5.74, 6) is -2.42. The van der Waals surface area contributed by atoms with E-state index in [1.54, 1.807) is 7.11 Å². The Morgan fingerprint density at radius 3 is 1.69 bits per heavy atom. The normalized spacial score (nSPS) is 11.7. The molecule has 0 aliphatic rings. The van der Waals surface area contributed by atoms with E-state index < -0.39 is 18.0 Å². The van der Waals surface area contributed by atoms with Gasteiger partial charge in [0.05, 0.1) is 19.8 Å². The van der Waals surface area contributed by atoms with Crippen LogP contribution in [0.1, 0.15) is 103 Å². The Kier molecular flexibility index (Phi) is 23.0. The van der Waals surface area contributed by atoms with Crippen LogP contribution in [0, 0.1) is 0 Å². The molecule has 10 nitrogen and oxygen atoms in total. The Bertz CT molecular complexity index is 600. The monoisotopic (exact) mass is 516 g/mol. The predicted molar refractivity (Wildman–Crippen MR) is 137 cm³/mol. The Hall–Kier alpha value is -2.20. The van der Waals surface area contributed by atoms with E-state index in [0.717, 1.165) is 44.9 Å². The standard InChI is InChI=1S/C26H48N2O8/c1-35-20-21-36-19-18-27-23(29)17-16-22(26(33)34)28-24(30)14-12-10-8-6-4-2-3-5-7-9-11-13-15-25(31)32/h22H,2-21H2,1H3,(H,27,29)(H,28,30)(H,31,32)(H,33,34). The Morgan fingerprint density at radius 2 is 1.19 bits per heavy atom. The van der Waals surface area contributed by atoms with Crippen molar-refractivity contribution in [1.29, 1.82) is 0 Å². The molecule has 4 N–H and O–H groups in total. The molecule has 0 saturated heterocycles. The van der Waals surface area contributed by atoms with Gasteiger partial charge in [0.15, 0.2) is 0 Å². The predicted octanol–water partition coefficient (Wildman–Crippen LogP) is 3.66. The molecule has 1 atom stereocenters. The minimum atomic E-state index is -1.14. The van der Waals surface area contributed by atoms with Crippen LogP contribution in [0.5, 0.6) is 0 Å². The van der Waals surface area contributed by atoms with Crippen molar-refractivity contribution in [3.8, 4) is 0 Å². The molecule has 0 rings (SSSR count). The minimum absolute atomic E-state index is 0.0139. The number of ether oxygens (including phenoxy) is 2. The first kappa shape index (κ1) is 33.8. The van der Waals surface area contributed by atoms with Gasteiger partial charge in [-0.2, -0.15) is 0 Å². The number of carboxylic acid groups (broad SMARTS) is 2. The SMILES string of the molecule is COCCOCCNC(=O)CCC(NC(=O)CCCCCCCCCCCCCCC(=O)O)C(=O)O. The number of methoxy groups -OCH3 is 1. The van der Waals surface area contributed by atoms with Gasteiger partial charge in [-0.3, -0.25) is 14.4 Å². The molecule has 0 aromatic rings. The second-order valence-corrected chi connectivity index (χ2v) is 9.09. The number of hydrogen-bond donors (Lipinski definition) is 4. The number of hydrogen-bond acceptors (Lipinski definition) is 6. The quantitative estimate of drug-likeness (QED) is 0.127. The fourth-order valence-corrected chi connectivity index (χ4v) is 3.72. The van der Waals surface area contributed by atoms with Crippen LogP contribution in [0.4, 0.5) is 0 Å². The van der Waals surface area contributed by atoms with Crippen molar-refractivity contribution in [1.82, 2.24) is 10.6 Å². The van der Waals surface area contributed by atoms with Crippen molar-refractivity contribution in [2.45, 2.75) is 109 Å². The van der Waals surface area contributed by atoms with E-state index in [0.29, 0.717) is 26.4 Å². The molecule has 1 unspecified atom stereocenters. The molecule has 0 heterocycles. The van der Waals surface area contributed by atoms with Crippen LogP contribution in [0.2, 0.25) is 0 Å². The average Bonchev–Trinajstić information content (AvgIpc) is 2.83. The van der Waals surface area contributed by atoms with Crippen molar-refractivity contribution in [2.24, 2.45) is 0 Å². The lowest BCUT2D eigenvalue weighted by atomic mass is 10.0. The number of aliphatic carboxylic acids is 2. The first-order valence-corrected chi connectivity index (χ1v) is 13.4. The maximum Gasteiger partial charge on any atom is 0.326 e. The molecule has 0 radical (unpaired) electrons. The first-order chi connectivity index (χ1) is 17.4. The second-order valence-electron chi connectivity index (χ2n) is 9.09. The van der Waals surface area contributed by atoms with Gasteiger partial charge in [0, 0.05) is 32.9 Å². The van der Waals surface area contributed by atoms with Crippen molar-refractivity contribution in [3.05, 3.63) is 0 Å². The summed E-state index contributed by atoms with van der Waals surface area (Å²) in [7, 11) is 1.58. The maximum absolute atomic E-state index is 12.1. The Balaban J connectivity index is 3.68. The number of carboxylic acids is 2. The largest absolute Gasteiger partial charge is 0.481 e. The number of carbonyl (C=O) groups excluding carboxylic acids is 2. The minimum Gasteiger partial charge on any atom is -0.481 e. The van der Waals surface area contributed by atoms with Crippen molar-refractivity contribution < 1.29 is 38.9 Å². The summed E-state index contributed by atoms with van der Waals surface area (Å²) in [5.41, 5.74) is 0. The maximum atomic E-state index is 12.1. The smallest absolute Gasteiger partial charge is 0.326 e. The van der Waals surface area contributed by atoms with Crippen LogP contribution in [0.15, 0.2) is 0 Å². The third kappa shape index (κ3) is 23.5. The van der Waals surface area contributed by atoms with Crippen molar-refractivity contribution in [3.63, 3.8) is 0 Å². The number of amides is 2. The van der Waals surface area contributed by atoms with E-state index in [4.69, 9.17) is 14.6 Å². The van der Waals surface area contributed by atoms with Gasteiger partial charge in [0.2, 0.25) is 11.8 Å². The van der Waals surface area contributed by atoms with Crippen molar-refractivity contribution in [2.75, 3.05) is 33.5 Å². The fraction of sp³-hybridized carbons (Fsp3) is 0.846. The van der Waals surface area contributed by atoms with Crippen LogP contribution < -0.4 is 10.6 Å². The summed E-state index contributed by atoms with van der Waals surface area (Å²) < 4.78 is 10.1. The molecule has 210 valence electrons. The number of carbonyl (C=O) groups is 4. The highest BCUT2D eigenvalue weighted by Gasteiger charge is 2.20. The third-order valence-electron chi connectivity index (χ3n) is 5.84. The van der Waals surface area contributed by atoms with Crippen LogP contribution in [0.3, 0.4) is 0 Å². The topological polar surface area (TPSA) is 151 Å². The van der Waals surface area contributed by atoms with Gasteiger partial charge in [-0.1, -0.05) is 64.2 Å². The first-order valence-electron chi connectivity index (χ1n) is 13.4. The zero-order chi connectivity index (χ0) is 26.9. The molecular formula is C26H48N2O8. The molecule has 0 spiro atoms. The molecule has 0 aliphatic carbocycles. The van der Waals surface area contributed by atoms with Gasteiger partial charge >= 0.3 is 11.9 Å². The molecule has 36 heavy (non-hydrogen) atoms. The molecule has 0 bridgehead atoms. The molecule has 0 aromatic carbocycles. The summed E-state index contributed by atoms with van der Waals surface area (Å²) in [4.78, 5) is 45.8. The Labute approximate surface area is 215 Å². The summed E-state index contributed by atoms with van der Waals surface area (Å²) in [6.45, 7) is 1.61. The second kappa shape index (κ2) is 24.5. The van der Waals surface area contributed by atoms with Gasteiger partial charge in [-0.15, -0.1) is 0 Å². The molecule has 2 amide bonds. The summed E-state index contributed by atoms with van der Waals surface area (Å²) in [6.07, 6.45) is 13.3. The fourth-order valence-electron chi connectivity index (χ4n) is 3.72. The number of rotatable bonds is 26. The van der Waals surface area contributed by atoms with E-state index in [2.05, 4.69) is 10.6 Å². The Morgan fingerprint density at radius 1 is 0.667 bits per heavy atom. The zero-order valence-electron chi connectivity index (χ0n) is 22.1. The van der Waals surface area contributed by atoms with E-state index >= 15 is 0 Å². The van der Waals surface area contributed by atoms with Crippen molar-refractivity contribution >= 4 is 23.8 Å². The van der Waals surface area contributed by atoms with Crippen LogP contribution in [-0.4, -0.2) is 73.5 Å². The van der Waals surface area contributed by atoms with Crippen LogP contribution in [0.25, 0.3) is 0 Å².